The minimum absolute atomic E-state index is 0.174. The van der Waals surface area contributed by atoms with Crippen LogP contribution in [0.25, 0.3) is 10.9 Å². The molecule has 8 heteroatoms. The normalized spacial score (nSPS) is 20.5. The van der Waals surface area contributed by atoms with Crippen molar-refractivity contribution in [2.75, 3.05) is 13.1 Å². The molecule has 150 valence electrons. The van der Waals surface area contributed by atoms with Crippen LogP contribution in [0.3, 0.4) is 0 Å². The third-order valence-electron chi connectivity index (χ3n) is 6.07. The molecule has 2 aliphatic heterocycles. The summed E-state index contributed by atoms with van der Waals surface area (Å²) >= 11 is 6.33. The van der Waals surface area contributed by atoms with Crippen molar-refractivity contribution < 1.29 is 4.79 Å². The van der Waals surface area contributed by atoms with E-state index in [1.807, 2.05) is 25.2 Å². The number of aryl methyl sites for hydroxylation is 1. The number of benzene rings is 1. The maximum atomic E-state index is 13.0. The van der Waals surface area contributed by atoms with Crippen LogP contribution in [0.5, 0.6) is 0 Å². The molecule has 2 atom stereocenters. The van der Waals surface area contributed by atoms with Gasteiger partial charge in [0, 0.05) is 37.1 Å². The summed E-state index contributed by atoms with van der Waals surface area (Å²) in [5.41, 5.74) is 2.57. The van der Waals surface area contributed by atoms with E-state index in [1.165, 1.54) is 0 Å². The third kappa shape index (κ3) is 3.05. The van der Waals surface area contributed by atoms with E-state index in [9.17, 15) is 9.59 Å². The molecule has 2 aliphatic rings. The van der Waals surface area contributed by atoms with Crippen molar-refractivity contribution in [1.29, 1.82) is 0 Å². The van der Waals surface area contributed by atoms with Crippen LogP contribution in [-0.2, 0) is 20.1 Å². The van der Waals surface area contributed by atoms with Gasteiger partial charge in [0.05, 0.1) is 22.8 Å². The summed E-state index contributed by atoms with van der Waals surface area (Å²) in [5, 5.41) is 12.2. The van der Waals surface area contributed by atoms with Crippen LogP contribution >= 0.6 is 11.6 Å². The van der Waals surface area contributed by atoms with Gasteiger partial charge in [-0.1, -0.05) is 17.7 Å². The zero-order chi connectivity index (χ0) is 20.1. The number of pyridine rings is 1. The number of hydrogen-bond donors (Lipinski definition) is 2. The van der Waals surface area contributed by atoms with Gasteiger partial charge in [0.2, 0.25) is 0 Å². The van der Waals surface area contributed by atoms with Crippen LogP contribution in [-0.4, -0.2) is 33.3 Å². The molecule has 2 N–H and O–H groups in total. The van der Waals surface area contributed by atoms with E-state index in [1.54, 1.807) is 21.4 Å². The molecule has 29 heavy (non-hydrogen) atoms. The van der Waals surface area contributed by atoms with Crippen LogP contribution in [0.15, 0.2) is 35.1 Å². The molecule has 0 saturated carbocycles. The fourth-order valence-electron chi connectivity index (χ4n) is 4.70. The second kappa shape index (κ2) is 7.00. The molecular weight excluding hydrogens is 390 g/mol. The number of carbonyl (C=O) groups excluding carboxylic acids is 1. The van der Waals surface area contributed by atoms with Gasteiger partial charge < -0.3 is 15.2 Å². The number of amides is 1. The van der Waals surface area contributed by atoms with Gasteiger partial charge >= 0.3 is 0 Å². The molecule has 4 heterocycles. The first kappa shape index (κ1) is 18.4. The number of nitrogens with zero attached hydrogens (tertiary/aromatic N) is 3. The average molecular weight is 412 g/mol. The number of halogens is 1. The SMILES string of the molecule is Cn1nc(CNC(=O)c2ccc3n(c2=O)C[C@@H]2CNC[C@H]3C2)c2c(Cl)cccc21. The highest BCUT2D eigenvalue weighted by molar-refractivity contribution is 6.35. The average Bonchev–Trinajstić information content (AvgIpc) is 3.04. The lowest BCUT2D eigenvalue weighted by Crippen LogP contribution is -2.46. The first-order valence-electron chi connectivity index (χ1n) is 9.85. The van der Waals surface area contributed by atoms with E-state index in [2.05, 4.69) is 15.7 Å². The van der Waals surface area contributed by atoms with Crippen molar-refractivity contribution in [2.24, 2.45) is 13.0 Å². The number of rotatable bonds is 3. The van der Waals surface area contributed by atoms with Gasteiger partial charge in [0.15, 0.2) is 0 Å². The van der Waals surface area contributed by atoms with Crippen LogP contribution < -0.4 is 16.2 Å². The van der Waals surface area contributed by atoms with Gasteiger partial charge in [-0.3, -0.25) is 14.3 Å². The monoisotopic (exact) mass is 411 g/mol. The fraction of sp³-hybridized carbons (Fsp3) is 0.381. The Bertz CT molecular complexity index is 1180. The Labute approximate surface area is 172 Å². The summed E-state index contributed by atoms with van der Waals surface area (Å²) in [4.78, 5) is 25.8. The Morgan fingerprint density at radius 3 is 3.03 bits per heavy atom. The maximum absolute atomic E-state index is 13.0. The Kier molecular flexibility index (Phi) is 4.44. The fourth-order valence-corrected chi connectivity index (χ4v) is 4.98. The number of aromatic nitrogens is 3. The molecule has 1 aromatic carbocycles. The Hall–Kier alpha value is -2.64. The molecule has 0 unspecified atom stereocenters. The number of nitrogens with one attached hydrogen (secondary N) is 2. The summed E-state index contributed by atoms with van der Waals surface area (Å²) in [7, 11) is 1.84. The van der Waals surface area contributed by atoms with E-state index < -0.39 is 0 Å². The smallest absolute Gasteiger partial charge is 0.263 e. The standard InChI is InChI=1S/C21H22ClN5O2/c1-26-18-4-2-3-15(22)19(18)16(25-26)10-24-20(28)14-5-6-17-13-7-12(8-23-9-13)11-27(17)21(14)29/h2-6,12-13,23H,7-11H2,1H3,(H,24,28)/t12-,13+/m0/s1. The highest BCUT2D eigenvalue weighted by atomic mass is 35.5. The van der Waals surface area contributed by atoms with Crippen molar-refractivity contribution in [3.8, 4) is 0 Å². The van der Waals surface area contributed by atoms with Gasteiger partial charge in [0.1, 0.15) is 5.56 Å². The molecule has 2 bridgehead atoms. The van der Waals surface area contributed by atoms with Crippen molar-refractivity contribution in [3.05, 3.63) is 62.7 Å². The largest absolute Gasteiger partial charge is 0.346 e. The van der Waals surface area contributed by atoms with Gasteiger partial charge in [0.25, 0.3) is 11.5 Å². The quantitative estimate of drug-likeness (QED) is 0.691. The summed E-state index contributed by atoms with van der Waals surface area (Å²) in [6, 6.07) is 9.19. The minimum atomic E-state index is -0.384. The van der Waals surface area contributed by atoms with E-state index in [0.29, 0.717) is 29.1 Å². The van der Waals surface area contributed by atoms with Gasteiger partial charge in [-0.2, -0.15) is 5.10 Å². The second-order valence-corrected chi connectivity index (χ2v) is 8.34. The predicted octanol–water partition coefficient (Wildman–Crippen LogP) is 2.03. The molecule has 2 aromatic heterocycles. The highest BCUT2D eigenvalue weighted by Crippen LogP contribution is 2.31. The van der Waals surface area contributed by atoms with Gasteiger partial charge in [-0.15, -0.1) is 0 Å². The number of hydrogen-bond acceptors (Lipinski definition) is 4. The lowest BCUT2D eigenvalue weighted by atomic mass is 9.84. The molecule has 7 nitrogen and oxygen atoms in total. The summed E-state index contributed by atoms with van der Waals surface area (Å²) in [6.45, 7) is 2.68. The van der Waals surface area contributed by atoms with Crippen LogP contribution in [0, 0.1) is 5.92 Å². The summed E-state index contributed by atoms with van der Waals surface area (Å²) in [5.74, 6) is 0.402. The van der Waals surface area contributed by atoms with Gasteiger partial charge in [-0.25, -0.2) is 0 Å². The predicted molar refractivity (Wildman–Crippen MR) is 111 cm³/mol. The van der Waals surface area contributed by atoms with Crippen LogP contribution in [0.1, 0.15) is 34.1 Å². The van der Waals surface area contributed by atoms with Gasteiger partial charge in [-0.05, 0) is 43.1 Å². The molecule has 0 radical (unpaired) electrons. The maximum Gasteiger partial charge on any atom is 0.263 e. The molecule has 3 aromatic rings. The van der Waals surface area contributed by atoms with Crippen LogP contribution in [0.4, 0.5) is 0 Å². The zero-order valence-electron chi connectivity index (χ0n) is 16.1. The molecule has 0 aliphatic carbocycles. The lowest BCUT2D eigenvalue weighted by Gasteiger charge is -2.37. The number of fused-ring (bicyclic) bond motifs is 5. The van der Waals surface area contributed by atoms with Crippen LogP contribution in [0.2, 0.25) is 5.02 Å². The molecular formula is C21H22ClN5O2. The molecule has 1 saturated heterocycles. The Balaban J connectivity index is 1.41. The number of piperidine rings is 1. The Morgan fingerprint density at radius 1 is 1.31 bits per heavy atom. The van der Waals surface area contributed by atoms with Crippen molar-refractivity contribution in [3.63, 3.8) is 0 Å². The number of carbonyl (C=O) groups is 1. The molecule has 1 amide bonds. The van der Waals surface area contributed by atoms with E-state index >= 15 is 0 Å². The first-order chi connectivity index (χ1) is 14.0. The van der Waals surface area contributed by atoms with Crippen molar-refractivity contribution in [2.45, 2.75) is 25.4 Å². The topological polar surface area (TPSA) is 81.0 Å². The van der Waals surface area contributed by atoms with E-state index in [-0.39, 0.29) is 23.6 Å². The highest BCUT2D eigenvalue weighted by Gasteiger charge is 2.31. The third-order valence-corrected chi connectivity index (χ3v) is 6.38. The summed E-state index contributed by atoms with van der Waals surface area (Å²) < 4.78 is 3.53. The minimum Gasteiger partial charge on any atom is -0.346 e. The van der Waals surface area contributed by atoms with E-state index in [0.717, 1.165) is 36.1 Å². The molecule has 5 rings (SSSR count). The Morgan fingerprint density at radius 2 is 2.17 bits per heavy atom. The first-order valence-corrected chi connectivity index (χ1v) is 10.2. The lowest BCUT2D eigenvalue weighted by molar-refractivity contribution is 0.0947. The van der Waals surface area contributed by atoms with E-state index in [4.69, 9.17) is 11.6 Å². The second-order valence-electron chi connectivity index (χ2n) is 7.93. The van der Waals surface area contributed by atoms with Crippen molar-refractivity contribution in [1.82, 2.24) is 25.0 Å². The molecule has 0 spiro atoms. The zero-order valence-corrected chi connectivity index (χ0v) is 16.9. The summed E-state index contributed by atoms with van der Waals surface area (Å²) in [6.07, 6.45) is 1.10. The van der Waals surface area contributed by atoms with Crippen molar-refractivity contribution >= 4 is 28.4 Å². The molecule has 1 fully saturated rings.